The minimum absolute atomic E-state index is 0.161. The van der Waals surface area contributed by atoms with Crippen molar-refractivity contribution in [3.05, 3.63) is 56.2 Å². The predicted octanol–water partition coefficient (Wildman–Crippen LogP) is 4.27. The standard InChI is InChI=1S/C13H6BrCl2N3O/c14-8-2-1-7(5-17)11(3-8)19-13(20)9-4-12(16)18-6-10(9)15/h1-4,6H,(H,19,20). The van der Waals surface area contributed by atoms with Crippen molar-refractivity contribution in [2.75, 3.05) is 5.32 Å². The summed E-state index contributed by atoms with van der Waals surface area (Å²) < 4.78 is 0.741. The van der Waals surface area contributed by atoms with Gasteiger partial charge in [-0.15, -0.1) is 0 Å². The van der Waals surface area contributed by atoms with Crippen molar-refractivity contribution >= 4 is 50.7 Å². The van der Waals surface area contributed by atoms with Crippen LogP contribution in [0.1, 0.15) is 15.9 Å². The quantitative estimate of drug-likeness (QED) is 0.802. The molecule has 0 saturated carbocycles. The Morgan fingerprint density at radius 2 is 2.10 bits per heavy atom. The van der Waals surface area contributed by atoms with E-state index in [9.17, 15) is 4.79 Å². The number of aromatic nitrogens is 1. The fourth-order valence-corrected chi connectivity index (χ4v) is 2.20. The Morgan fingerprint density at radius 1 is 1.35 bits per heavy atom. The Hall–Kier alpha value is -1.61. The van der Waals surface area contributed by atoms with Gasteiger partial charge in [-0.2, -0.15) is 5.26 Å². The number of pyridine rings is 1. The highest BCUT2D eigenvalue weighted by atomic mass is 79.9. The third-order valence-electron chi connectivity index (χ3n) is 2.42. The summed E-state index contributed by atoms with van der Waals surface area (Å²) in [6, 6.07) is 8.31. The molecule has 1 N–H and O–H groups in total. The fraction of sp³-hybridized carbons (Fsp3) is 0. The van der Waals surface area contributed by atoms with Crippen molar-refractivity contribution in [1.29, 1.82) is 5.26 Å². The van der Waals surface area contributed by atoms with Crippen molar-refractivity contribution in [3.8, 4) is 6.07 Å². The first-order chi connectivity index (χ1) is 9.51. The molecule has 0 radical (unpaired) electrons. The molecule has 1 aromatic carbocycles. The minimum Gasteiger partial charge on any atom is -0.321 e. The van der Waals surface area contributed by atoms with E-state index < -0.39 is 5.91 Å². The average molecular weight is 371 g/mol. The molecule has 2 rings (SSSR count). The SMILES string of the molecule is N#Cc1ccc(Br)cc1NC(=O)c1cc(Cl)ncc1Cl. The third-order valence-corrected chi connectivity index (χ3v) is 3.42. The molecule has 0 saturated heterocycles. The number of nitrogens with zero attached hydrogens (tertiary/aromatic N) is 2. The molecule has 4 nitrogen and oxygen atoms in total. The zero-order valence-corrected chi connectivity index (χ0v) is 12.9. The van der Waals surface area contributed by atoms with Gasteiger partial charge in [0.2, 0.25) is 0 Å². The van der Waals surface area contributed by atoms with Crippen LogP contribution in [-0.2, 0) is 0 Å². The Balaban J connectivity index is 2.35. The molecule has 0 aliphatic rings. The fourth-order valence-electron chi connectivity index (χ4n) is 1.49. The van der Waals surface area contributed by atoms with Crippen LogP contribution in [0.2, 0.25) is 10.2 Å². The van der Waals surface area contributed by atoms with Crippen LogP contribution in [0.15, 0.2) is 34.9 Å². The van der Waals surface area contributed by atoms with Crippen LogP contribution in [0.25, 0.3) is 0 Å². The Morgan fingerprint density at radius 3 is 2.80 bits per heavy atom. The number of nitrogens with one attached hydrogen (secondary N) is 1. The zero-order valence-electron chi connectivity index (χ0n) is 9.82. The Kier molecular flexibility index (Phi) is 4.61. The molecule has 2 aromatic rings. The molecule has 0 atom stereocenters. The molecule has 1 amide bonds. The van der Waals surface area contributed by atoms with Gasteiger partial charge in [0, 0.05) is 10.7 Å². The van der Waals surface area contributed by atoms with Crippen LogP contribution in [0.4, 0.5) is 5.69 Å². The maximum Gasteiger partial charge on any atom is 0.257 e. The van der Waals surface area contributed by atoms with Gasteiger partial charge in [-0.25, -0.2) is 4.98 Å². The van der Waals surface area contributed by atoms with E-state index in [1.807, 2.05) is 6.07 Å². The summed E-state index contributed by atoms with van der Waals surface area (Å²) in [5, 5.41) is 12.0. The summed E-state index contributed by atoms with van der Waals surface area (Å²) in [5.74, 6) is -0.464. The van der Waals surface area contributed by atoms with Crippen molar-refractivity contribution < 1.29 is 4.79 Å². The van der Waals surface area contributed by atoms with Gasteiger partial charge in [-0.3, -0.25) is 4.79 Å². The number of hydrogen-bond acceptors (Lipinski definition) is 3. The normalized spacial score (nSPS) is 9.90. The maximum absolute atomic E-state index is 12.2. The largest absolute Gasteiger partial charge is 0.321 e. The molecule has 20 heavy (non-hydrogen) atoms. The molecule has 0 aliphatic carbocycles. The summed E-state index contributed by atoms with van der Waals surface area (Å²) in [6.45, 7) is 0. The molecule has 0 fully saturated rings. The molecule has 0 bridgehead atoms. The Bertz CT molecular complexity index is 728. The first-order valence-corrected chi connectivity index (χ1v) is 6.88. The number of rotatable bonds is 2. The highest BCUT2D eigenvalue weighted by Gasteiger charge is 2.14. The van der Waals surface area contributed by atoms with Gasteiger partial charge in [0.1, 0.15) is 11.2 Å². The lowest BCUT2D eigenvalue weighted by Crippen LogP contribution is -2.13. The molecule has 100 valence electrons. The number of carbonyl (C=O) groups excluding carboxylic acids is 1. The number of benzene rings is 1. The van der Waals surface area contributed by atoms with Gasteiger partial charge in [0.25, 0.3) is 5.91 Å². The van der Waals surface area contributed by atoms with E-state index in [-0.39, 0.29) is 15.7 Å². The topological polar surface area (TPSA) is 65.8 Å². The van der Waals surface area contributed by atoms with Gasteiger partial charge in [-0.05, 0) is 24.3 Å². The van der Waals surface area contributed by atoms with Crippen LogP contribution in [-0.4, -0.2) is 10.9 Å². The second-order valence-electron chi connectivity index (χ2n) is 3.74. The lowest BCUT2D eigenvalue weighted by molar-refractivity contribution is 0.102. The summed E-state index contributed by atoms with van der Waals surface area (Å²) in [7, 11) is 0. The van der Waals surface area contributed by atoms with Crippen molar-refractivity contribution in [1.82, 2.24) is 4.98 Å². The van der Waals surface area contributed by atoms with E-state index in [0.29, 0.717) is 11.3 Å². The third kappa shape index (κ3) is 3.28. The van der Waals surface area contributed by atoms with E-state index in [2.05, 4.69) is 26.2 Å². The van der Waals surface area contributed by atoms with E-state index in [1.165, 1.54) is 12.3 Å². The number of amides is 1. The molecular weight excluding hydrogens is 365 g/mol. The summed E-state index contributed by atoms with van der Waals surface area (Å²) >= 11 is 14.9. The van der Waals surface area contributed by atoms with Crippen molar-refractivity contribution in [2.24, 2.45) is 0 Å². The van der Waals surface area contributed by atoms with E-state index in [1.54, 1.807) is 18.2 Å². The van der Waals surface area contributed by atoms with Crippen LogP contribution < -0.4 is 5.32 Å². The number of hydrogen-bond donors (Lipinski definition) is 1. The highest BCUT2D eigenvalue weighted by molar-refractivity contribution is 9.10. The number of carbonyl (C=O) groups is 1. The minimum atomic E-state index is -0.464. The van der Waals surface area contributed by atoms with Gasteiger partial charge in [0.15, 0.2) is 0 Å². The zero-order chi connectivity index (χ0) is 14.7. The lowest BCUT2D eigenvalue weighted by Gasteiger charge is -2.08. The monoisotopic (exact) mass is 369 g/mol. The molecule has 1 aromatic heterocycles. The van der Waals surface area contributed by atoms with E-state index in [4.69, 9.17) is 28.5 Å². The average Bonchev–Trinajstić information content (AvgIpc) is 2.41. The molecule has 1 heterocycles. The first-order valence-electron chi connectivity index (χ1n) is 5.33. The summed E-state index contributed by atoms with van der Waals surface area (Å²) in [4.78, 5) is 15.9. The second-order valence-corrected chi connectivity index (χ2v) is 5.45. The maximum atomic E-state index is 12.2. The smallest absolute Gasteiger partial charge is 0.257 e. The molecule has 0 aliphatic heterocycles. The van der Waals surface area contributed by atoms with Crippen LogP contribution in [0.3, 0.4) is 0 Å². The number of nitriles is 1. The summed E-state index contributed by atoms with van der Waals surface area (Å²) in [6.07, 6.45) is 1.30. The van der Waals surface area contributed by atoms with Crippen LogP contribution in [0, 0.1) is 11.3 Å². The predicted molar refractivity (Wildman–Crippen MR) is 81.1 cm³/mol. The lowest BCUT2D eigenvalue weighted by atomic mass is 10.2. The van der Waals surface area contributed by atoms with E-state index >= 15 is 0 Å². The highest BCUT2D eigenvalue weighted by Crippen LogP contribution is 2.23. The molecule has 0 unspecified atom stereocenters. The Labute approximate surface area is 133 Å². The molecule has 7 heteroatoms. The van der Waals surface area contributed by atoms with Crippen molar-refractivity contribution in [3.63, 3.8) is 0 Å². The molecule has 0 spiro atoms. The van der Waals surface area contributed by atoms with E-state index in [0.717, 1.165) is 4.47 Å². The van der Waals surface area contributed by atoms with Gasteiger partial charge < -0.3 is 5.32 Å². The number of anilines is 1. The second kappa shape index (κ2) is 6.23. The summed E-state index contributed by atoms with van der Waals surface area (Å²) in [5.41, 5.74) is 0.921. The molecular formula is C13H6BrCl2N3O. The van der Waals surface area contributed by atoms with Crippen LogP contribution >= 0.6 is 39.1 Å². The number of halogens is 3. The first kappa shape index (κ1) is 14.8. The van der Waals surface area contributed by atoms with Gasteiger partial charge in [-0.1, -0.05) is 39.1 Å². The van der Waals surface area contributed by atoms with Gasteiger partial charge >= 0.3 is 0 Å². The van der Waals surface area contributed by atoms with Crippen molar-refractivity contribution in [2.45, 2.75) is 0 Å². The van der Waals surface area contributed by atoms with Gasteiger partial charge in [0.05, 0.1) is 21.8 Å². The van der Waals surface area contributed by atoms with Crippen LogP contribution in [0.5, 0.6) is 0 Å².